The summed E-state index contributed by atoms with van der Waals surface area (Å²) in [6.07, 6.45) is 6.84. The van der Waals surface area contributed by atoms with E-state index in [2.05, 4.69) is 11.9 Å². The van der Waals surface area contributed by atoms with Crippen LogP contribution in [0.2, 0.25) is 0 Å². The van der Waals surface area contributed by atoms with Crippen LogP contribution in [-0.2, 0) is 0 Å². The standard InChI is InChI=1S/C18H29NO3/c1-19(14-7-5-4-6-8-14)12-11-17(20)16-10-9-15(21-2)13-18(16)22-3/h9-10,13-14,17,20H,4-8,11-12H2,1-3H3. The van der Waals surface area contributed by atoms with Crippen molar-refractivity contribution in [2.24, 2.45) is 0 Å². The molecule has 1 atom stereocenters. The Morgan fingerprint density at radius 2 is 1.91 bits per heavy atom. The Bertz CT molecular complexity index is 458. The van der Waals surface area contributed by atoms with E-state index < -0.39 is 6.10 Å². The summed E-state index contributed by atoms with van der Waals surface area (Å²) in [5.74, 6) is 1.43. The molecule has 0 aliphatic heterocycles. The molecule has 124 valence electrons. The number of nitrogens with zero attached hydrogens (tertiary/aromatic N) is 1. The molecular weight excluding hydrogens is 278 g/mol. The van der Waals surface area contributed by atoms with Crippen molar-refractivity contribution in [2.45, 2.75) is 50.7 Å². The highest BCUT2D eigenvalue weighted by molar-refractivity contribution is 5.41. The van der Waals surface area contributed by atoms with Crippen LogP contribution in [0.1, 0.15) is 50.2 Å². The first kappa shape index (κ1) is 17.1. The van der Waals surface area contributed by atoms with Gasteiger partial charge >= 0.3 is 0 Å². The maximum atomic E-state index is 10.5. The van der Waals surface area contributed by atoms with Crippen molar-refractivity contribution < 1.29 is 14.6 Å². The molecule has 4 heteroatoms. The molecule has 1 aliphatic rings. The molecule has 1 aliphatic carbocycles. The van der Waals surface area contributed by atoms with Gasteiger partial charge in [0.25, 0.3) is 0 Å². The van der Waals surface area contributed by atoms with E-state index in [1.165, 1.54) is 32.1 Å². The highest BCUT2D eigenvalue weighted by Gasteiger charge is 2.20. The first-order chi connectivity index (χ1) is 10.7. The highest BCUT2D eigenvalue weighted by Crippen LogP contribution is 2.31. The van der Waals surface area contributed by atoms with Gasteiger partial charge in [0.2, 0.25) is 0 Å². The fourth-order valence-electron chi connectivity index (χ4n) is 3.28. The van der Waals surface area contributed by atoms with Crippen molar-refractivity contribution in [3.63, 3.8) is 0 Å². The van der Waals surface area contributed by atoms with Gasteiger partial charge in [-0.25, -0.2) is 0 Å². The zero-order chi connectivity index (χ0) is 15.9. The average Bonchev–Trinajstić information content (AvgIpc) is 2.59. The van der Waals surface area contributed by atoms with E-state index in [-0.39, 0.29) is 0 Å². The number of aliphatic hydroxyl groups is 1. The van der Waals surface area contributed by atoms with Crippen LogP contribution in [0.5, 0.6) is 11.5 Å². The molecular formula is C18H29NO3. The lowest BCUT2D eigenvalue weighted by Crippen LogP contribution is -2.34. The van der Waals surface area contributed by atoms with E-state index >= 15 is 0 Å². The predicted molar refractivity (Wildman–Crippen MR) is 88.6 cm³/mol. The van der Waals surface area contributed by atoms with Gasteiger partial charge in [-0.05, 0) is 38.4 Å². The van der Waals surface area contributed by atoms with E-state index in [9.17, 15) is 5.11 Å². The topological polar surface area (TPSA) is 41.9 Å². The summed E-state index contributed by atoms with van der Waals surface area (Å²) in [4.78, 5) is 2.40. The predicted octanol–water partition coefficient (Wildman–Crippen LogP) is 3.39. The Morgan fingerprint density at radius 3 is 2.55 bits per heavy atom. The van der Waals surface area contributed by atoms with Gasteiger partial charge in [0.15, 0.2) is 0 Å². The lowest BCUT2D eigenvalue weighted by atomic mass is 9.94. The van der Waals surface area contributed by atoms with Gasteiger partial charge in [0.1, 0.15) is 11.5 Å². The number of methoxy groups -OCH3 is 2. The molecule has 0 bridgehead atoms. The molecule has 22 heavy (non-hydrogen) atoms. The third kappa shape index (κ3) is 4.37. The van der Waals surface area contributed by atoms with E-state index in [4.69, 9.17) is 9.47 Å². The fraction of sp³-hybridized carbons (Fsp3) is 0.667. The maximum Gasteiger partial charge on any atom is 0.128 e. The lowest BCUT2D eigenvalue weighted by molar-refractivity contribution is 0.123. The molecule has 4 nitrogen and oxygen atoms in total. The van der Waals surface area contributed by atoms with Gasteiger partial charge in [0, 0.05) is 24.2 Å². The molecule has 0 saturated heterocycles. The minimum absolute atomic E-state index is 0.508. The second-order valence-electron chi connectivity index (χ2n) is 6.18. The van der Waals surface area contributed by atoms with Gasteiger partial charge in [0.05, 0.1) is 20.3 Å². The molecule has 2 rings (SSSR count). The molecule has 0 radical (unpaired) electrons. The van der Waals surface area contributed by atoms with E-state index in [0.29, 0.717) is 11.8 Å². The SMILES string of the molecule is COc1ccc(C(O)CCN(C)C2CCCCC2)c(OC)c1. The zero-order valence-electron chi connectivity index (χ0n) is 14.0. The van der Waals surface area contributed by atoms with Crippen molar-refractivity contribution in [3.05, 3.63) is 23.8 Å². The molecule has 1 N–H and O–H groups in total. The van der Waals surface area contributed by atoms with Crippen molar-refractivity contribution in [1.29, 1.82) is 0 Å². The highest BCUT2D eigenvalue weighted by atomic mass is 16.5. The zero-order valence-corrected chi connectivity index (χ0v) is 14.0. The van der Waals surface area contributed by atoms with Crippen LogP contribution in [-0.4, -0.2) is 43.9 Å². The molecule has 0 amide bonds. The summed E-state index contributed by atoms with van der Waals surface area (Å²) >= 11 is 0. The number of hydrogen-bond donors (Lipinski definition) is 1. The Balaban J connectivity index is 1.92. The molecule has 1 aromatic rings. The van der Waals surface area contributed by atoms with Crippen molar-refractivity contribution in [1.82, 2.24) is 4.90 Å². The first-order valence-electron chi connectivity index (χ1n) is 8.26. The number of benzene rings is 1. The van der Waals surface area contributed by atoms with Crippen molar-refractivity contribution in [3.8, 4) is 11.5 Å². The third-order valence-corrected chi connectivity index (χ3v) is 4.75. The number of ether oxygens (including phenoxy) is 2. The largest absolute Gasteiger partial charge is 0.497 e. The molecule has 1 unspecified atom stereocenters. The monoisotopic (exact) mass is 307 g/mol. The van der Waals surface area contributed by atoms with Crippen LogP contribution in [0.25, 0.3) is 0 Å². The Labute approximate surface area is 134 Å². The van der Waals surface area contributed by atoms with Gasteiger partial charge in [-0.15, -0.1) is 0 Å². The van der Waals surface area contributed by atoms with Gasteiger partial charge < -0.3 is 19.5 Å². The molecule has 1 saturated carbocycles. The third-order valence-electron chi connectivity index (χ3n) is 4.75. The minimum Gasteiger partial charge on any atom is -0.497 e. The normalized spacial score (nSPS) is 17.5. The van der Waals surface area contributed by atoms with E-state index in [1.807, 2.05) is 18.2 Å². The summed E-state index contributed by atoms with van der Waals surface area (Å²) in [5, 5.41) is 10.5. The van der Waals surface area contributed by atoms with Crippen LogP contribution in [0.4, 0.5) is 0 Å². The Kier molecular flexibility index (Phi) is 6.52. The first-order valence-corrected chi connectivity index (χ1v) is 8.26. The van der Waals surface area contributed by atoms with Crippen LogP contribution < -0.4 is 9.47 Å². The average molecular weight is 307 g/mol. The number of rotatable bonds is 7. The van der Waals surface area contributed by atoms with Crippen LogP contribution in [0.3, 0.4) is 0 Å². The summed E-state index contributed by atoms with van der Waals surface area (Å²) < 4.78 is 10.6. The van der Waals surface area contributed by atoms with Gasteiger partial charge in [-0.3, -0.25) is 0 Å². The second-order valence-corrected chi connectivity index (χ2v) is 6.18. The second kappa shape index (κ2) is 8.39. The van der Waals surface area contributed by atoms with Crippen molar-refractivity contribution >= 4 is 0 Å². The molecule has 0 heterocycles. The van der Waals surface area contributed by atoms with E-state index in [1.54, 1.807) is 14.2 Å². The van der Waals surface area contributed by atoms with Crippen LogP contribution >= 0.6 is 0 Å². The quantitative estimate of drug-likeness (QED) is 0.838. The summed E-state index contributed by atoms with van der Waals surface area (Å²) in [5.41, 5.74) is 0.834. The molecule has 0 aromatic heterocycles. The van der Waals surface area contributed by atoms with Gasteiger partial charge in [-0.1, -0.05) is 19.3 Å². The van der Waals surface area contributed by atoms with Crippen LogP contribution in [0.15, 0.2) is 18.2 Å². The fourth-order valence-corrected chi connectivity index (χ4v) is 3.28. The molecule has 0 spiro atoms. The Hall–Kier alpha value is -1.26. The maximum absolute atomic E-state index is 10.5. The molecule has 1 fully saturated rings. The lowest BCUT2D eigenvalue weighted by Gasteiger charge is -2.31. The number of hydrogen-bond acceptors (Lipinski definition) is 4. The summed E-state index contributed by atoms with van der Waals surface area (Å²) in [6, 6.07) is 6.26. The van der Waals surface area contributed by atoms with Crippen LogP contribution in [0, 0.1) is 0 Å². The smallest absolute Gasteiger partial charge is 0.128 e. The van der Waals surface area contributed by atoms with E-state index in [0.717, 1.165) is 24.3 Å². The van der Waals surface area contributed by atoms with Crippen molar-refractivity contribution in [2.75, 3.05) is 27.8 Å². The minimum atomic E-state index is -0.508. The number of aliphatic hydroxyl groups excluding tert-OH is 1. The Morgan fingerprint density at radius 1 is 1.18 bits per heavy atom. The van der Waals surface area contributed by atoms with Gasteiger partial charge in [-0.2, -0.15) is 0 Å². The summed E-state index contributed by atoms with van der Waals surface area (Å²) in [6.45, 7) is 0.904. The molecule has 1 aromatic carbocycles. The summed E-state index contributed by atoms with van der Waals surface area (Å²) in [7, 11) is 5.43.